The number of hydrogen-bond acceptors (Lipinski definition) is 6. The van der Waals surface area contributed by atoms with Crippen molar-refractivity contribution < 1.29 is 0 Å². The average Bonchev–Trinajstić information content (AvgIpc) is 3.29. The highest BCUT2D eigenvalue weighted by Crippen LogP contribution is 2.40. The van der Waals surface area contributed by atoms with Gasteiger partial charge in [0.05, 0.1) is 10.2 Å². The topological polar surface area (TPSA) is 66.5 Å². The number of aromatic nitrogens is 4. The van der Waals surface area contributed by atoms with Crippen LogP contribution < -0.4 is 5.32 Å². The summed E-state index contributed by atoms with van der Waals surface area (Å²) in [6, 6.07) is 4.21. The maximum atomic E-state index is 4.86. The quantitative estimate of drug-likeness (QED) is 0.426. The molecule has 2 saturated carbocycles. The lowest BCUT2D eigenvalue weighted by molar-refractivity contribution is 0.702. The summed E-state index contributed by atoms with van der Waals surface area (Å²) in [5.74, 6) is 2.41. The molecule has 0 aliphatic heterocycles. The minimum Gasteiger partial charge on any atom is -0.322 e. The molecule has 0 amide bonds. The zero-order valence-corrected chi connectivity index (χ0v) is 16.3. The largest absolute Gasteiger partial charge is 0.322 e. The SMILES string of the molecule is c1cc2nc(SC3CCCCCC3)nc(Nc3cc(C4CC4)[nH]n3)c2s1. The lowest BCUT2D eigenvalue weighted by Crippen LogP contribution is -2.03. The Balaban J connectivity index is 1.40. The Morgan fingerprint density at radius 1 is 1.08 bits per heavy atom. The van der Waals surface area contributed by atoms with E-state index in [2.05, 4.69) is 33.0 Å². The van der Waals surface area contributed by atoms with Gasteiger partial charge in [-0.25, -0.2) is 9.97 Å². The van der Waals surface area contributed by atoms with E-state index < -0.39 is 0 Å². The fourth-order valence-corrected chi connectivity index (χ4v) is 5.55. The van der Waals surface area contributed by atoms with Crippen molar-refractivity contribution in [1.29, 1.82) is 0 Å². The van der Waals surface area contributed by atoms with Crippen LogP contribution in [0.15, 0.2) is 22.7 Å². The first-order valence-corrected chi connectivity index (χ1v) is 11.4. The van der Waals surface area contributed by atoms with Crippen LogP contribution in [0.2, 0.25) is 0 Å². The summed E-state index contributed by atoms with van der Waals surface area (Å²) in [4.78, 5) is 9.66. The van der Waals surface area contributed by atoms with Gasteiger partial charge in [0.2, 0.25) is 0 Å². The number of rotatable bonds is 5. The fraction of sp³-hybridized carbons (Fsp3) is 0.526. The zero-order chi connectivity index (χ0) is 17.3. The van der Waals surface area contributed by atoms with E-state index in [0.29, 0.717) is 11.2 Å². The van der Waals surface area contributed by atoms with Crippen molar-refractivity contribution in [3.63, 3.8) is 0 Å². The minimum atomic E-state index is 0.647. The number of nitrogens with zero attached hydrogens (tertiary/aromatic N) is 3. The van der Waals surface area contributed by atoms with E-state index in [1.54, 1.807) is 11.3 Å². The molecule has 2 aliphatic rings. The molecule has 0 radical (unpaired) electrons. The number of aromatic amines is 1. The Morgan fingerprint density at radius 3 is 2.73 bits per heavy atom. The lowest BCUT2D eigenvalue weighted by Gasteiger charge is -2.13. The van der Waals surface area contributed by atoms with Gasteiger partial charge in [0.15, 0.2) is 16.8 Å². The maximum absolute atomic E-state index is 4.86. The molecule has 2 N–H and O–H groups in total. The molecule has 0 aromatic carbocycles. The van der Waals surface area contributed by atoms with Gasteiger partial charge in [-0.2, -0.15) is 5.10 Å². The van der Waals surface area contributed by atoms with E-state index in [1.165, 1.54) is 57.1 Å². The molecule has 0 bridgehead atoms. The number of hydrogen-bond donors (Lipinski definition) is 2. The van der Waals surface area contributed by atoms with Crippen LogP contribution in [0.3, 0.4) is 0 Å². The second-order valence-corrected chi connectivity index (χ2v) is 9.51. The molecule has 26 heavy (non-hydrogen) atoms. The summed E-state index contributed by atoms with van der Waals surface area (Å²) < 4.78 is 1.10. The highest BCUT2D eigenvalue weighted by atomic mass is 32.2. The summed E-state index contributed by atoms with van der Waals surface area (Å²) in [5, 5.41) is 14.6. The Labute approximate surface area is 161 Å². The van der Waals surface area contributed by atoms with E-state index in [1.807, 2.05) is 11.8 Å². The molecule has 5 nitrogen and oxygen atoms in total. The molecule has 3 heterocycles. The van der Waals surface area contributed by atoms with Crippen molar-refractivity contribution in [2.75, 3.05) is 5.32 Å². The van der Waals surface area contributed by atoms with Crippen LogP contribution in [0.25, 0.3) is 10.2 Å². The molecule has 3 aromatic rings. The number of anilines is 2. The molecule has 0 unspecified atom stereocenters. The third-order valence-corrected chi connectivity index (χ3v) is 7.33. The fourth-order valence-electron chi connectivity index (χ4n) is 3.61. The second kappa shape index (κ2) is 7.19. The summed E-state index contributed by atoms with van der Waals surface area (Å²) in [6.45, 7) is 0. The predicted molar refractivity (Wildman–Crippen MR) is 109 cm³/mol. The van der Waals surface area contributed by atoms with Crippen LogP contribution in [0.1, 0.15) is 63.0 Å². The van der Waals surface area contributed by atoms with Gasteiger partial charge >= 0.3 is 0 Å². The summed E-state index contributed by atoms with van der Waals surface area (Å²) >= 11 is 3.54. The van der Waals surface area contributed by atoms with Crippen LogP contribution in [-0.2, 0) is 0 Å². The van der Waals surface area contributed by atoms with Gasteiger partial charge in [0, 0.05) is 22.9 Å². The molecule has 2 fully saturated rings. The predicted octanol–water partition coefficient (Wildman–Crippen LogP) is 5.85. The molecule has 5 rings (SSSR count). The van der Waals surface area contributed by atoms with E-state index in [4.69, 9.17) is 9.97 Å². The molecule has 7 heteroatoms. The third-order valence-electron chi connectivity index (χ3n) is 5.22. The molecule has 2 aliphatic carbocycles. The second-order valence-electron chi connectivity index (χ2n) is 7.33. The monoisotopic (exact) mass is 385 g/mol. The molecule has 0 spiro atoms. The molecule has 0 saturated heterocycles. The molecule has 0 atom stereocenters. The Morgan fingerprint density at radius 2 is 1.92 bits per heavy atom. The van der Waals surface area contributed by atoms with Gasteiger partial charge in [-0.1, -0.05) is 37.4 Å². The van der Waals surface area contributed by atoms with Crippen LogP contribution in [-0.4, -0.2) is 25.4 Å². The van der Waals surface area contributed by atoms with Crippen molar-refractivity contribution in [2.24, 2.45) is 0 Å². The van der Waals surface area contributed by atoms with Gasteiger partial charge < -0.3 is 5.32 Å². The zero-order valence-electron chi connectivity index (χ0n) is 14.7. The van der Waals surface area contributed by atoms with E-state index in [-0.39, 0.29) is 0 Å². The smallest absolute Gasteiger partial charge is 0.190 e. The molecular formula is C19H23N5S2. The average molecular weight is 386 g/mol. The first kappa shape index (κ1) is 16.6. The van der Waals surface area contributed by atoms with Gasteiger partial charge in [-0.15, -0.1) is 11.3 Å². The van der Waals surface area contributed by atoms with Gasteiger partial charge in [-0.05, 0) is 37.1 Å². The number of nitrogens with one attached hydrogen (secondary N) is 2. The third kappa shape index (κ3) is 3.60. The lowest BCUT2D eigenvalue weighted by atomic mass is 10.2. The van der Waals surface area contributed by atoms with E-state index >= 15 is 0 Å². The van der Waals surface area contributed by atoms with Crippen LogP contribution in [0.4, 0.5) is 11.6 Å². The minimum absolute atomic E-state index is 0.647. The van der Waals surface area contributed by atoms with Crippen molar-refractivity contribution >= 4 is 45.0 Å². The Kier molecular flexibility index (Phi) is 4.58. The van der Waals surface area contributed by atoms with Crippen molar-refractivity contribution in [3.8, 4) is 0 Å². The van der Waals surface area contributed by atoms with Gasteiger partial charge in [0.25, 0.3) is 0 Å². The van der Waals surface area contributed by atoms with E-state index in [9.17, 15) is 0 Å². The van der Waals surface area contributed by atoms with Crippen LogP contribution in [0.5, 0.6) is 0 Å². The van der Waals surface area contributed by atoms with Crippen molar-refractivity contribution in [1.82, 2.24) is 20.2 Å². The summed E-state index contributed by atoms with van der Waals surface area (Å²) in [6.07, 6.45) is 10.5. The number of fused-ring (bicyclic) bond motifs is 1. The van der Waals surface area contributed by atoms with Crippen molar-refractivity contribution in [2.45, 2.75) is 67.7 Å². The summed E-state index contributed by atoms with van der Waals surface area (Å²) in [5.41, 5.74) is 2.26. The first-order chi connectivity index (χ1) is 12.8. The standard InChI is InChI=1S/C19H23N5S2/c1-2-4-6-13(5-3-1)26-19-20-14-9-10-25-17(14)18(22-19)21-16-11-15(23-24-16)12-7-8-12/h9-13H,1-8H2,(H2,20,21,22,23,24). The Bertz CT molecular complexity index is 890. The highest BCUT2D eigenvalue weighted by Gasteiger charge is 2.25. The van der Waals surface area contributed by atoms with Gasteiger partial charge in [0.1, 0.15) is 0 Å². The van der Waals surface area contributed by atoms with E-state index in [0.717, 1.165) is 27.0 Å². The molecule has 136 valence electrons. The van der Waals surface area contributed by atoms with Crippen LogP contribution >= 0.6 is 23.1 Å². The maximum Gasteiger partial charge on any atom is 0.190 e. The van der Waals surface area contributed by atoms with Crippen molar-refractivity contribution in [3.05, 3.63) is 23.2 Å². The van der Waals surface area contributed by atoms with Gasteiger partial charge in [-0.3, -0.25) is 5.10 Å². The molecule has 3 aromatic heterocycles. The number of thioether (sulfide) groups is 1. The number of thiophene rings is 1. The van der Waals surface area contributed by atoms with Crippen LogP contribution in [0, 0.1) is 0 Å². The summed E-state index contributed by atoms with van der Waals surface area (Å²) in [7, 11) is 0. The number of H-pyrrole nitrogens is 1. The Hall–Kier alpha value is -1.60. The first-order valence-electron chi connectivity index (χ1n) is 9.59. The highest BCUT2D eigenvalue weighted by molar-refractivity contribution is 7.99. The normalized spacial score (nSPS) is 18.9. The molecular weight excluding hydrogens is 362 g/mol.